The SMILES string of the molecule is O=C(CCCc1nc2ccccc2c(=O)[nH]1)OCc1cc(=O)n2ccsc2n1. The minimum absolute atomic E-state index is 0.0481. The van der Waals surface area contributed by atoms with Crippen LogP contribution in [0.25, 0.3) is 15.9 Å². The Morgan fingerprint density at radius 1 is 1.21 bits per heavy atom. The van der Waals surface area contributed by atoms with E-state index in [1.807, 2.05) is 6.07 Å². The van der Waals surface area contributed by atoms with Crippen molar-refractivity contribution in [1.29, 1.82) is 0 Å². The van der Waals surface area contributed by atoms with E-state index in [1.165, 1.54) is 21.8 Å². The molecule has 0 unspecified atom stereocenters. The number of nitrogens with one attached hydrogen (secondary N) is 1. The van der Waals surface area contributed by atoms with Crippen molar-refractivity contribution in [2.75, 3.05) is 0 Å². The molecule has 0 saturated carbocycles. The van der Waals surface area contributed by atoms with Gasteiger partial charge in [-0.2, -0.15) is 0 Å². The van der Waals surface area contributed by atoms with Gasteiger partial charge >= 0.3 is 5.97 Å². The van der Waals surface area contributed by atoms with Crippen LogP contribution in [0.2, 0.25) is 0 Å². The zero-order valence-electron chi connectivity index (χ0n) is 14.8. The molecule has 0 bridgehead atoms. The van der Waals surface area contributed by atoms with E-state index in [9.17, 15) is 14.4 Å². The smallest absolute Gasteiger partial charge is 0.306 e. The third-order valence-electron chi connectivity index (χ3n) is 4.19. The van der Waals surface area contributed by atoms with Crippen LogP contribution in [0.3, 0.4) is 0 Å². The highest BCUT2D eigenvalue weighted by Gasteiger charge is 2.09. The van der Waals surface area contributed by atoms with Crippen LogP contribution in [0.15, 0.2) is 51.5 Å². The van der Waals surface area contributed by atoms with Crippen molar-refractivity contribution >= 4 is 33.2 Å². The second kappa shape index (κ2) is 7.73. The molecule has 4 rings (SSSR count). The number of rotatable bonds is 6. The number of nitrogens with zero attached hydrogens (tertiary/aromatic N) is 3. The molecule has 0 fully saturated rings. The molecular weight excluding hydrogens is 380 g/mol. The summed E-state index contributed by atoms with van der Waals surface area (Å²) in [5.74, 6) is 0.144. The van der Waals surface area contributed by atoms with Crippen molar-refractivity contribution in [1.82, 2.24) is 19.4 Å². The van der Waals surface area contributed by atoms with Crippen molar-refractivity contribution in [2.45, 2.75) is 25.9 Å². The molecule has 28 heavy (non-hydrogen) atoms. The van der Waals surface area contributed by atoms with Gasteiger partial charge in [-0.25, -0.2) is 9.97 Å². The van der Waals surface area contributed by atoms with Crippen LogP contribution < -0.4 is 11.1 Å². The van der Waals surface area contributed by atoms with Gasteiger partial charge in [0.2, 0.25) is 0 Å². The quantitative estimate of drug-likeness (QED) is 0.500. The van der Waals surface area contributed by atoms with E-state index in [-0.39, 0.29) is 24.1 Å². The van der Waals surface area contributed by atoms with E-state index in [4.69, 9.17) is 4.74 Å². The molecule has 0 saturated heterocycles. The predicted octanol–water partition coefficient (Wildman–Crippen LogP) is 2.06. The number of fused-ring (bicyclic) bond motifs is 2. The largest absolute Gasteiger partial charge is 0.459 e. The topological polar surface area (TPSA) is 106 Å². The second-order valence-corrected chi connectivity index (χ2v) is 7.06. The van der Waals surface area contributed by atoms with Crippen LogP contribution >= 0.6 is 11.3 Å². The summed E-state index contributed by atoms with van der Waals surface area (Å²) in [5, 5.41) is 2.31. The Kier molecular flexibility index (Phi) is 4.98. The van der Waals surface area contributed by atoms with E-state index >= 15 is 0 Å². The van der Waals surface area contributed by atoms with Crippen molar-refractivity contribution < 1.29 is 9.53 Å². The van der Waals surface area contributed by atoms with Crippen LogP contribution in [0.1, 0.15) is 24.4 Å². The first kappa shape index (κ1) is 18.1. The minimum Gasteiger partial charge on any atom is -0.459 e. The number of hydrogen-bond donors (Lipinski definition) is 1. The predicted molar refractivity (Wildman–Crippen MR) is 104 cm³/mol. The summed E-state index contributed by atoms with van der Waals surface area (Å²) in [6.45, 7) is -0.0481. The van der Waals surface area contributed by atoms with Gasteiger partial charge in [-0.3, -0.25) is 18.8 Å². The maximum absolute atomic E-state index is 12.0. The average molecular weight is 396 g/mol. The number of esters is 1. The van der Waals surface area contributed by atoms with E-state index in [0.717, 1.165) is 0 Å². The lowest BCUT2D eigenvalue weighted by molar-refractivity contribution is -0.145. The number of aryl methyl sites for hydroxylation is 1. The lowest BCUT2D eigenvalue weighted by Crippen LogP contribution is -2.15. The number of thiazole rings is 1. The number of aromatic nitrogens is 4. The van der Waals surface area contributed by atoms with Crippen LogP contribution in [0.4, 0.5) is 0 Å². The highest BCUT2D eigenvalue weighted by atomic mass is 32.1. The molecule has 1 N–H and O–H groups in total. The zero-order valence-corrected chi connectivity index (χ0v) is 15.6. The van der Waals surface area contributed by atoms with Crippen molar-refractivity contribution in [3.05, 3.63) is 74.1 Å². The molecule has 0 atom stereocenters. The fourth-order valence-corrected chi connectivity index (χ4v) is 3.58. The van der Waals surface area contributed by atoms with E-state index < -0.39 is 5.97 Å². The molecule has 0 aliphatic carbocycles. The van der Waals surface area contributed by atoms with Gasteiger partial charge in [-0.05, 0) is 18.6 Å². The first-order valence-electron chi connectivity index (χ1n) is 8.69. The zero-order chi connectivity index (χ0) is 19.5. The molecule has 9 heteroatoms. The second-order valence-electron chi connectivity index (χ2n) is 6.19. The minimum atomic E-state index is -0.392. The molecule has 0 radical (unpaired) electrons. The third-order valence-corrected chi connectivity index (χ3v) is 4.95. The summed E-state index contributed by atoms with van der Waals surface area (Å²) in [5.41, 5.74) is 0.652. The Morgan fingerprint density at radius 2 is 2.07 bits per heavy atom. The van der Waals surface area contributed by atoms with Crippen LogP contribution in [-0.2, 0) is 22.6 Å². The first-order valence-corrected chi connectivity index (χ1v) is 9.57. The first-order chi connectivity index (χ1) is 13.6. The molecule has 1 aromatic carbocycles. The van der Waals surface area contributed by atoms with Gasteiger partial charge in [0, 0.05) is 30.5 Å². The standard InChI is InChI=1S/C19H16N4O4S/c24-16-10-12(20-19-23(16)8-9-28-19)11-27-17(25)7-3-6-15-21-14-5-2-1-4-13(14)18(26)22-15/h1-2,4-5,8-10H,3,6-7,11H2,(H,21,22,26). The molecule has 0 spiro atoms. The molecule has 4 aromatic rings. The fourth-order valence-electron chi connectivity index (χ4n) is 2.84. The number of hydrogen-bond acceptors (Lipinski definition) is 7. The summed E-state index contributed by atoms with van der Waals surface area (Å²) >= 11 is 1.34. The van der Waals surface area contributed by atoms with Crippen molar-refractivity contribution in [3.63, 3.8) is 0 Å². The molecule has 142 valence electrons. The highest BCUT2D eigenvalue weighted by molar-refractivity contribution is 7.15. The Morgan fingerprint density at radius 3 is 2.96 bits per heavy atom. The lowest BCUT2D eigenvalue weighted by atomic mass is 10.2. The van der Waals surface area contributed by atoms with E-state index in [2.05, 4.69) is 15.0 Å². The Bertz CT molecular complexity index is 1270. The van der Waals surface area contributed by atoms with Crippen LogP contribution in [0.5, 0.6) is 0 Å². The highest BCUT2D eigenvalue weighted by Crippen LogP contribution is 2.09. The number of carbonyl (C=O) groups is 1. The van der Waals surface area contributed by atoms with Crippen molar-refractivity contribution in [2.24, 2.45) is 0 Å². The molecular formula is C19H16N4O4S. The van der Waals surface area contributed by atoms with Gasteiger partial charge in [0.1, 0.15) is 12.4 Å². The van der Waals surface area contributed by atoms with E-state index in [1.54, 1.807) is 29.8 Å². The number of carbonyl (C=O) groups excluding carboxylic acids is 1. The summed E-state index contributed by atoms with van der Waals surface area (Å²) in [4.78, 5) is 47.9. The maximum Gasteiger partial charge on any atom is 0.306 e. The van der Waals surface area contributed by atoms with E-state index in [0.29, 0.717) is 40.2 Å². The number of para-hydroxylation sites is 1. The molecule has 0 aliphatic heterocycles. The molecule has 3 aromatic heterocycles. The van der Waals surface area contributed by atoms with Gasteiger partial charge in [-0.15, -0.1) is 11.3 Å². The third kappa shape index (κ3) is 3.84. The van der Waals surface area contributed by atoms with Crippen LogP contribution in [-0.4, -0.2) is 25.3 Å². The van der Waals surface area contributed by atoms with Gasteiger partial charge < -0.3 is 9.72 Å². The molecule has 3 heterocycles. The Balaban J connectivity index is 1.32. The normalized spacial score (nSPS) is 11.1. The molecule has 0 aliphatic rings. The van der Waals surface area contributed by atoms with Gasteiger partial charge in [0.25, 0.3) is 11.1 Å². The van der Waals surface area contributed by atoms with Gasteiger partial charge in [0.05, 0.1) is 16.6 Å². The fraction of sp³-hybridized carbons (Fsp3) is 0.211. The molecule has 0 amide bonds. The van der Waals surface area contributed by atoms with Crippen LogP contribution in [0, 0.1) is 0 Å². The monoisotopic (exact) mass is 396 g/mol. The summed E-state index contributed by atoms with van der Waals surface area (Å²) < 4.78 is 6.64. The van der Waals surface area contributed by atoms with Gasteiger partial charge in [0.15, 0.2) is 4.96 Å². The number of benzene rings is 1. The molecule has 8 nitrogen and oxygen atoms in total. The van der Waals surface area contributed by atoms with Crippen molar-refractivity contribution in [3.8, 4) is 0 Å². The Labute approximate surface area is 162 Å². The number of ether oxygens (including phenoxy) is 1. The summed E-state index contributed by atoms with van der Waals surface area (Å²) in [6, 6.07) is 8.46. The maximum atomic E-state index is 12.0. The summed E-state index contributed by atoms with van der Waals surface area (Å²) in [7, 11) is 0. The number of aromatic amines is 1. The number of H-pyrrole nitrogens is 1. The lowest BCUT2D eigenvalue weighted by Gasteiger charge is -2.05. The average Bonchev–Trinajstić information content (AvgIpc) is 3.16. The Hall–Kier alpha value is -3.33. The van der Waals surface area contributed by atoms with Gasteiger partial charge in [-0.1, -0.05) is 12.1 Å². The summed E-state index contributed by atoms with van der Waals surface area (Å²) in [6.07, 6.45) is 2.77.